The highest BCUT2D eigenvalue weighted by atomic mass is 79.9. The van der Waals surface area contributed by atoms with Crippen LogP contribution in [-0.4, -0.2) is 34.8 Å². The molecule has 0 bridgehead atoms. The lowest BCUT2D eigenvalue weighted by molar-refractivity contribution is 0.0792. The maximum absolute atomic E-state index is 13.4. The second-order valence-electron chi connectivity index (χ2n) is 9.05. The van der Waals surface area contributed by atoms with E-state index in [4.69, 9.17) is 4.98 Å². The van der Waals surface area contributed by atoms with Gasteiger partial charge in [-0.3, -0.25) is 9.59 Å². The Morgan fingerprint density at radius 3 is 2.34 bits per heavy atom. The summed E-state index contributed by atoms with van der Waals surface area (Å²) < 4.78 is 0.879. The molecule has 1 fully saturated rings. The van der Waals surface area contributed by atoms with E-state index in [1.54, 1.807) is 24.3 Å². The molecule has 0 aliphatic carbocycles. The molecule has 0 radical (unpaired) electrons. The Bertz CT molecular complexity index is 1440. The van der Waals surface area contributed by atoms with Gasteiger partial charge in [-0.05, 0) is 92.4 Å². The summed E-state index contributed by atoms with van der Waals surface area (Å²) in [6, 6.07) is 20.9. The first-order valence-electron chi connectivity index (χ1n) is 11.8. The topological polar surface area (TPSA) is 62.3 Å². The largest absolute Gasteiger partial charge is 0.339 e. The Morgan fingerprint density at radius 1 is 0.886 bits per heavy atom. The van der Waals surface area contributed by atoms with E-state index in [0.29, 0.717) is 16.8 Å². The summed E-state index contributed by atoms with van der Waals surface area (Å²) in [5, 5.41) is 3.77. The molecule has 35 heavy (non-hydrogen) atoms. The van der Waals surface area contributed by atoms with E-state index in [1.807, 2.05) is 35.2 Å². The number of benzene rings is 3. The predicted octanol–water partition coefficient (Wildman–Crippen LogP) is 6.77. The van der Waals surface area contributed by atoms with E-state index in [2.05, 4.69) is 47.2 Å². The van der Waals surface area contributed by atoms with E-state index >= 15 is 0 Å². The summed E-state index contributed by atoms with van der Waals surface area (Å²) in [5.41, 5.74) is 6.68. The van der Waals surface area contributed by atoms with Crippen LogP contribution in [0.15, 0.2) is 71.2 Å². The number of nitrogens with one attached hydrogen (secondary N) is 1. The Labute approximate surface area is 213 Å². The van der Waals surface area contributed by atoms with Gasteiger partial charge in [0.05, 0.1) is 16.8 Å². The van der Waals surface area contributed by atoms with Crippen molar-refractivity contribution >= 4 is 44.3 Å². The van der Waals surface area contributed by atoms with Gasteiger partial charge in [0.1, 0.15) is 0 Å². The molecule has 3 aromatic carbocycles. The summed E-state index contributed by atoms with van der Waals surface area (Å²) in [7, 11) is 0. The van der Waals surface area contributed by atoms with Crippen LogP contribution in [0, 0.1) is 13.8 Å². The van der Waals surface area contributed by atoms with Crippen molar-refractivity contribution in [3.8, 4) is 11.3 Å². The average molecular weight is 528 g/mol. The summed E-state index contributed by atoms with van der Waals surface area (Å²) in [5.74, 6) is -0.178. The number of pyridine rings is 1. The quantitative estimate of drug-likeness (QED) is 0.318. The molecule has 1 aliphatic rings. The third-order valence-electron chi connectivity index (χ3n) is 6.60. The second kappa shape index (κ2) is 9.62. The first kappa shape index (κ1) is 23.2. The number of anilines is 1. The lowest BCUT2D eigenvalue weighted by Crippen LogP contribution is -2.27. The first-order valence-corrected chi connectivity index (χ1v) is 12.6. The molecule has 4 aromatic rings. The van der Waals surface area contributed by atoms with Crippen molar-refractivity contribution in [1.82, 2.24) is 9.88 Å². The van der Waals surface area contributed by atoms with Crippen LogP contribution < -0.4 is 5.32 Å². The molecular weight excluding hydrogens is 502 g/mol. The summed E-state index contributed by atoms with van der Waals surface area (Å²) in [4.78, 5) is 32.8. The van der Waals surface area contributed by atoms with Crippen molar-refractivity contribution < 1.29 is 9.59 Å². The van der Waals surface area contributed by atoms with Gasteiger partial charge in [0.15, 0.2) is 0 Å². The molecule has 1 N–H and O–H groups in total. The number of aryl methyl sites for hydroxylation is 2. The van der Waals surface area contributed by atoms with Gasteiger partial charge >= 0.3 is 0 Å². The number of fused-ring (bicyclic) bond motifs is 1. The molecule has 0 unspecified atom stereocenters. The lowest BCUT2D eigenvalue weighted by Gasteiger charge is -2.15. The van der Waals surface area contributed by atoms with Crippen LogP contribution in [0.1, 0.15) is 44.7 Å². The van der Waals surface area contributed by atoms with Crippen LogP contribution in [0.2, 0.25) is 0 Å². The van der Waals surface area contributed by atoms with E-state index in [0.717, 1.165) is 52.6 Å². The number of hydrogen-bond acceptors (Lipinski definition) is 3. The Morgan fingerprint density at radius 2 is 1.63 bits per heavy atom. The second-order valence-corrected chi connectivity index (χ2v) is 9.96. The molecule has 2 heterocycles. The van der Waals surface area contributed by atoms with Crippen molar-refractivity contribution in [3.05, 3.63) is 93.5 Å². The Balaban J connectivity index is 1.47. The van der Waals surface area contributed by atoms with Gasteiger partial charge in [0, 0.05) is 39.8 Å². The van der Waals surface area contributed by atoms with Crippen molar-refractivity contribution in [2.45, 2.75) is 26.7 Å². The first-order chi connectivity index (χ1) is 16.9. The third-order valence-corrected chi connectivity index (χ3v) is 7.09. The number of amides is 2. The zero-order chi connectivity index (χ0) is 24.5. The summed E-state index contributed by atoms with van der Waals surface area (Å²) >= 11 is 3.52. The van der Waals surface area contributed by atoms with Gasteiger partial charge in [-0.1, -0.05) is 28.1 Å². The molecule has 1 aliphatic heterocycles. The van der Waals surface area contributed by atoms with Crippen molar-refractivity contribution in [2.24, 2.45) is 0 Å². The standard InChI is InChI=1S/C29H26BrN3O2/c1-18-5-6-21(15-19(18)2)27-17-25(24-16-22(30)9-12-26(24)32-27)28(34)31-23-10-7-20(8-11-23)29(35)33-13-3-4-14-33/h5-12,15-17H,3-4,13-14H2,1-2H3,(H,31,34). The Kier molecular flexibility index (Phi) is 6.39. The van der Waals surface area contributed by atoms with E-state index in [-0.39, 0.29) is 11.8 Å². The number of likely N-dealkylation sites (tertiary alicyclic amines) is 1. The van der Waals surface area contributed by atoms with Gasteiger partial charge in [0.25, 0.3) is 11.8 Å². The zero-order valence-electron chi connectivity index (χ0n) is 19.8. The van der Waals surface area contributed by atoms with Gasteiger partial charge in [-0.2, -0.15) is 0 Å². The third kappa shape index (κ3) is 4.84. The highest BCUT2D eigenvalue weighted by Crippen LogP contribution is 2.29. The van der Waals surface area contributed by atoms with Gasteiger partial charge in [0.2, 0.25) is 0 Å². The minimum atomic E-state index is -0.223. The minimum Gasteiger partial charge on any atom is -0.339 e. The van der Waals surface area contributed by atoms with Crippen LogP contribution in [0.25, 0.3) is 22.2 Å². The molecule has 5 rings (SSSR count). The van der Waals surface area contributed by atoms with Gasteiger partial charge in [-0.15, -0.1) is 0 Å². The SMILES string of the molecule is Cc1ccc(-c2cc(C(=O)Nc3ccc(C(=O)N4CCCC4)cc3)c3cc(Br)ccc3n2)cc1C. The van der Waals surface area contributed by atoms with Crippen LogP contribution in [-0.2, 0) is 0 Å². The van der Waals surface area contributed by atoms with Crippen molar-refractivity contribution in [3.63, 3.8) is 0 Å². The number of aromatic nitrogens is 1. The number of rotatable bonds is 4. The summed E-state index contributed by atoms with van der Waals surface area (Å²) in [6.07, 6.45) is 2.11. The van der Waals surface area contributed by atoms with Gasteiger partial charge in [-0.25, -0.2) is 4.98 Å². The molecule has 5 nitrogen and oxygen atoms in total. The fourth-order valence-corrected chi connectivity index (χ4v) is 4.79. The lowest BCUT2D eigenvalue weighted by atomic mass is 10.0. The van der Waals surface area contributed by atoms with E-state index < -0.39 is 0 Å². The summed E-state index contributed by atoms with van der Waals surface area (Å²) in [6.45, 7) is 5.77. The zero-order valence-corrected chi connectivity index (χ0v) is 21.4. The maximum Gasteiger partial charge on any atom is 0.256 e. The monoisotopic (exact) mass is 527 g/mol. The molecule has 2 amide bonds. The van der Waals surface area contributed by atoms with Crippen LogP contribution >= 0.6 is 15.9 Å². The molecule has 1 saturated heterocycles. The molecule has 6 heteroatoms. The average Bonchev–Trinajstić information content (AvgIpc) is 3.40. The highest BCUT2D eigenvalue weighted by Gasteiger charge is 2.20. The normalized spacial score (nSPS) is 13.3. The van der Waals surface area contributed by atoms with E-state index in [9.17, 15) is 9.59 Å². The van der Waals surface area contributed by atoms with Crippen molar-refractivity contribution in [2.75, 3.05) is 18.4 Å². The molecule has 1 aromatic heterocycles. The van der Waals surface area contributed by atoms with Crippen LogP contribution in [0.3, 0.4) is 0 Å². The minimum absolute atomic E-state index is 0.0448. The number of carbonyl (C=O) groups excluding carboxylic acids is 2. The van der Waals surface area contributed by atoms with Gasteiger partial charge < -0.3 is 10.2 Å². The number of nitrogens with zero attached hydrogens (tertiary/aromatic N) is 2. The Hall–Kier alpha value is -3.51. The predicted molar refractivity (Wildman–Crippen MR) is 144 cm³/mol. The smallest absolute Gasteiger partial charge is 0.256 e. The fraction of sp³-hybridized carbons (Fsp3) is 0.207. The molecular formula is C29H26BrN3O2. The number of hydrogen-bond donors (Lipinski definition) is 1. The fourth-order valence-electron chi connectivity index (χ4n) is 4.43. The van der Waals surface area contributed by atoms with Crippen LogP contribution in [0.4, 0.5) is 5.69 Å². The molecule has 0 spiro atoms. The highest BCUT2D eigenvalue weighted by molar-refractivity contribution is 9.10. The molecule has 0 saturated carbocycles. The number of carbonyl (C=O) groups is 2. The molecule has 176 valence electrons. The maximum atomic E-state index is 13.4. The van der Waals surface area contributed by atoms with E-state index in [1.165, 1.54) is 11.1 Å². The number of halogens is 1. The molecule has 0 atom stereocenters. The van der Waals surface area contributed by atoms with Crippen molar-refractivity contribution in [1.29, 1.82) is 0 Å². The van der Waals surface area contributed by atoms with Crippen LogP contribution in [0.5, 0.6) is 0 Å².